The Morgan fingerprint density at radius 2 is 1.95 bits per heavy atom. The Hall–Kier alpha value is -0.360. The fourth-order valence-electron chi connectivity index (χ4n) is 1.85. The molecule has 20 heavy (non-hydrogen) atoms. The van der Waals surface area contributed by atoms with Crippen LogP contribution in [0.25, 0.3) is 0 Å². The summed E-state index contributed by atoms with van der Waals surface area (Å²) in [4.78, 5) is -0.414. The minimum Gasteiger partial charge on any atom is -0.207 e. The molecule has 0 aliphatic carbocycles. The number of hydrogen-bond donors (Lipinski definition) is 0. The maximum Gasteiger partial charge on any atom is 0.246 e. The molecule has 0 aliphatic rings. The van der Waals surface area contributed by atoms with Crippen molar-refractivity contribution in [2.75, 3.05) is 13.1 Å². The minimum atomic E-state index is -3.92. The first-order chi connectivity index (χ1) is 9.23. The van der Waals surface area contributed by atoms with E-state index in [0.717, 1.165) is 6.07 Å². The summed E-state index contributed by atoms with van der Waals surface area (Å²) in [5, 5.41) is 0.154. The number of halogens is 3. The van der Waals surface area contributed by atoms with Gasteiger partial charge in [-0.15, -0.1) is 11.6 Å². The Balaban J connectivity index is 3.37. The van der Waals surface area contributed by atoms with E-state index in [-0.39, 0.29) is 28.9 Å². The van der Waals surface area contributed by atoms with Crippen molar-refractivity contribution in [3.05, 3.63) is 28.5 Å². The molecule has 7 heteroatoms. The van der Waals surface area contributed by atoms with Gasteiger partial charge in [0.05, 0.1) is 5.88 Å². The van der Waals surface area contributed by atoms with Crippen LogP contribution >= 0.6 is 23.2 Å². The lowest BCUT2D eigenvalue weighted by atomic mass is 10.2. The van der Waals surface area contributed by atoms with Crippen LogP contribution in [0.4, 0.5) is 4.39 Å². The largest absolute Gasteiger partial charge is 0.246 e. The molecule has 0 bridgehead atoms. The van der Waals surface area contributed by atoms with Gasteiger partial charge in [-0.05, 0) is 18.1 Å². The van der Waals surface area contributed by atoms with Crippen LogP contribution in [0.3, 0.4) is 0 Å². The Morgan fingerprint density at radius 3 is 2.40 bits per heavy atom. The first-order valence-electron chi connectivity index (χ1n) is 6.28. The standard InChI is InChI=1S/C13H18Cl2FNO2S/c1-4-17(8-9(2)3)20(18,19)12-6-11(15)5-10(7-14)13(12)16/h5-6,9H,4,7-8H2,1-3H3. The molecule has 1 rings (SSSR count). The van der Waals surface area contributed by atoms with Crippen LogP contribution < -0.4 is 0 Å². The average molecular weight is 342 g/mol. The number of nitrogens with zero attached hydrogens (tertiary/aromatic N) is 1. The predicted molar refractivity (Wildman–Crippen MR) is 80.2 cm³/mol. The molecule has 0 fully saturated rings. The van der Waals surface area contributed by atoms with Crippen LogP contribution in [0.15, 0.2) is 17.0 Å². The molecule has 0 unspecified atom stereocenters. The van der Waals surface area contributed by atoms with Gasteiger partial charge in [0.25, 0.3) is 0 Å². The Morgan fingerprint density at radius 1 is 1.35 bits per heavy atom. The molecule has 0 radical (unpaired) electrons. The molecule has 0 saturated heterocycles. The Bertz CT molecular complexity index is 576. The lowest BCUT2D eigenvalue weighted by Gasteiger charge is -2.23. The summed E-state index contributed by atoms with van der Waals surface area (Å²) in [6, 6.07) is 2.47. The highest BCUT2D eigenvalue weighted by molar-refractivity contribution is 7.89. The molecule has 0 heterocycles. The molecule has 1 aromatic carbocycles. The number of benzene rings is 1. The minimum absolute atomic E-state index is 0.0818. The second-order valence-electron chi connectivity index (χ2n) is 4.86. The predicted octanol–water partition coefficient (Wildman–Crippen LogP) is 3.88. The van der Waals surface area contributed by atoms with Gasteiger partial charge in [0.15, 0.2) is 0 Å². The van der Waals surface area contributed by atoms with Crippen molar-refractivity contribution in [2.45, 2.75) is 31.5 Å². The lowest BCUT2D eigenvalue weighted by Crippen LogP contribution is -2.34. The molecule has 0 saturated carbocycles. The van der Waals surface area contributed by atoms with E-state index in [0.29, 0.717) is 6.54 Å². The SMILES string of the molecule is CCN(CC(C)C)S(=O)(=O)c1cc(Cl)cc(CCl)c1F. The second kappa shape index (κ2) is 7.07. The van der Waals surface area contributed by atoms with Crippen molar-refractivity contribution in [3.63, 3.8) is 0 Å². The van der Waals surface area contributed by atoms with E-state index in [1.165, 1.54) is 10.4 Å². The second-order valence-corrected chi connectivity index (χ2v) is 7.47. The number of hydrogen-bond acceptors (Lipinski definition) is 2. The molecule has 0 N–H and O–H groups in total. The summed E-state index contributed by atoms with van der Waals surface area (Å²) >= 11 is 11.5. The van der Waals surface area contributed by atoms with Crippen LogP contribution in [0.1, 0.15) is 26.3 Å². The molecule has 114 valence electrons. The van der Waals surface area contributed by atoms with Gasteiger partial charge in [-0.3, -0.25) is 0 Å². The van der Waals surface area contributed by atoms with Crippen molar-refractivity contribution < 1.29 is 12.8 Å². The van der Waals surface area contributed by atoms with Gasteiger partial charge in [-0.25, -0.2) is 12.8 Å². The van der Waals surface area contributed by atoms with E-state index in [1.807, 2.05) is 13.8 Å². The van der Waals surface area contributed by atoms with Crippen molar-refractivity contribution in [1.29, 1.82) is 0 Å². The Kier molecular flexibility index (Phi) is 6.25. The van der Waals surface area contributed by atoms with Crippen LogP contribution in [0.2, 0.25) is 5.02 Å². The molecule has 0 atom stereocenters. The summed E-state index contributed by atoms with van der Waals surface area (Å²) in [6.45, 7) is 6.10. The summed E-state index contributed by atoms with van der Waals surface area (Å²) in [7, 11) is -3.92. The molecular weight excluding hydrogens is 324 g/mol. The zero-order valence-electron chi connectivity index (χ0n) is 11.7. The van der Waals surface area contributed by atoms with Gasteiger partial charge in [-0.2, -0.15) is 4.31 Å². The molecule has 0 aromatic heterocycles. The zero-order chi connectivity index (χ0) is 15.5. The smallest absolute Gasteiger partial charge is 0.207 e. The highest BCUT2D eigenvalue weighted by atomic mass is 35.5. The summed E-state index contributed by atoms with van der Waals surface area (Å²) in [5.41, 5.74) is 0.0818. The van der Waals surface area contributed by atoms with Gasteiger partial charge in [-0.1, -0.05) is 32.4 Å². The third-order valence-electron chi connectivity index (χ3n) is 2.76. The van der Waals surface area contributed by atoms with Crippen molar-refractivity contribution in [1.82, 2.24) is 4.31 Å². The fourth-order valence-corrected chi connectivity index (χ4v) is 4.09. The summed E-state index contributed by atoms with van der Waals surface area (Å²) in [6.07, 6.45) is 0. The fraction of sp³-hybridized carbons (Fsp3) is 0.538. The maximum atomic E-state index is 14.2. The Labute approximate surface area is 129 Å². The van der Waals surface area contributed by atoms with Crippen LogP contribution in [0, 0.1) is 11.7 Å². The number of rotatable bonds is 6. The number of alkyl halides is 1. The van der Waals surface area contributed by atoms with E-state index in [2.05, 4.69) is 0 Å². The first-order valence-corrected chi connectivity index (χ1v) is 8.63. The van der Waals surface area contributed by atoms with E-state index >= 15 is 0 Å². The van der Waals surface area contributed by atoms with E-state index in [9.17, 15) is 12.8 Å². The van der Waals surface area contributed by atoms with Crippen molar-refractivity contribution >= 4 is 33.2 Å². The molecule has 0 amide bonds. The zero-order valence-corrected chi connectivity index (χ0v) is 14.0. The molecule has 0 spiro atoms. The van der Waals surface area contributed by atoms with Gasteiger partial charge in [0, 0.05) is 23.7 Å². The maximum absolute atomic E-state index is 14.2. The summed E-state index contributed by atoms with van der Waals surface area (Å²) in [5.74, 6) is -0.823. The lowest BCUT2D eigenvalue weighted by molar-refractivity contribution is 0.378. The summed E-state index contributed by atoms with van der Waals surface area (Å²) < 4.78 is 40.5. The molecule has 1 aromatic rings. The van der Waals surface area contributed by atoms with E-state index in [1.54, 1.807) is 6.92 Å². The molecule has 3 nitrogen and oxygen atoms in total. The highest BCUT2D eigenvalue weighted by Crippen LogP contribution is 2.27. The number of sulfonamides is 1. The molecule has 0 aliphatic heterocycles. The van der Waals surface area contributed by atoms with Gasteiger partial charge >= 0.3 is 0 Å². The van der Waals surface area contributed by atoms with Crippen LogP contribution in [-0.4, -0.2) is 25.8 Å². The van der Waals surface area contributed by atoms with Gasteiger partial charge in [0.1, 0.15) is 10.7 Å². The highest BCUT2D eigenvalue weighted by Gasteiger charge is 2.28. The van der Waals surface area contributed by atoms with Gasteiger partial charge < -0.3 is 0 Å². The molecular formula is C13H18Cl2FNO2S. The van der Waals surface area contributed by atoms with Crippen molar-refractivity contribution in [3.8, 4) is 0 Å². The third kappa shape index (κ3) is 3.85. The third-order valence-corrected chi connectivity index (χ3v) is 5.21. The topological polar surface area (TPSA) is 37.4 Å². The monoisotopic (exact) mass is 341 g/mol. The van der Waals surface area contributed by atoms with Crippen LogP contribution in [0.5, 0.6) is 0 Å². The van der Waals surface area contributed by atoms with Crippen molar-refractivity contribution in [2.24, 2.45) is 5.92 Å². The first kappa shape index (κ1) is 17.7. The van der Waals surface area contributed by atoms with E-state index in [4.69, 9.17) is 23.2 Å². The average Bonchev–Trinajstić information content (AvgIpc) is 2.37. The quantitative estimate of drug-likeness (QED) is 0.736. The van der Waals surface area contributed by atoms with Gasteiger partial charge in [0.2, 0.25) is 10.0 Å². The van der Waals surface area contributed by atoms with Crippen LogP contribution in [-0.2, 0) is 15.9 Å². The van der Waals surface area contributed by atoms with E-state index < -0.39 is 20.7 Å². The normalized spacial score (nSPS) is 12.4.